The van der Waals surface area contributed by atoms with E-state index >= 15 is 0 Å². The lowest BCUT2D eigenvalue weighted by Crippen LogP contribution is -2.20. The summed E-state index contributed by atoms with van der Waals surface area (Å²) >= 11 is 1.30. The van der Waals surface area contributed by atoms with Crippen molar-refractivity contribution in [3.8, 4) is 5.75 Å². The highest BCUT2D eigenvalue weighted by molar-refractivity contribution is 7.22. The van der Waals surface area contributed by atoms with Gasteiger partial charge in [-0.2, -0.15) is 0 Å². The van der Waals surface area contributed by atoms with E-state index in [1.165, 1.54) is 11.3 Å². The zero-order valence-electron chi connectivity index (χ0n) is 16.3. The van der Waals surface area contributed by atoms with Crippen molar-refractivity contribution in [3.05, 3.63) is 52.6 Å². The molecule has 3 rings (SSSR count). The summed E-state index contributed by atoms with van der Waals surface area (Å²) in [7, 11) is 0. The number of nitrogens with one attached hydrogen (secondary N) is 1. The molecule has 7 heteroatoms. The van der Waals surface area contributed by atoms with Crippen LogP contribution in [-0.2, 0) is 9.53 Å². The van der Waals surface area contributed by atoms with Crippen molar-refractivity contribution in [3.63, 3.8) is 0 Å². The molecule has 146 valence electrons. The van der Waals surface area contributed by atoms with Crippen molar-refractivity contribution in [2.75, 3.05) is 18.5 Å². The van der Waals surface area contributed by atoms with Gasteiger partial charge in [0.15, 0.2) is 11.7 Å². The number of aryl methyl sites for hydroxylation is 2. The first-order valence-electron chi connectivity index (χ1n) is 8.96. The van der Waals surface area contributed by atoms with E-state index in [0.717, 1.165) is 27.1 Å². The summed E-state index contributed by atoms with van der Waals surface area (Å²) < 4.78 is 11.5. The number of hydrogen-bond acceptors (Lipinski definition) is 6. The van der Waals surface area contributed by atoms with Gasteiger partial charge in [0.05, 0.1) is 22.4 Å². The van der Waals surface area contributed by atoms with Crippen molar-refractivity contribution in [2.24, 2.45) is 0 Å². The SMILES string of the molecule is CCOC(=O)c1ccc2nc(NC(=O)COc3c(C)ccc(C)c3C)sc2c1. The Morgan fingerprint density at radius 1 is 1.11 bits per heavy atom. The van der Waals surface area contributed by atoms with Crippen LogP contribution in [0.5, 0.6) is 5.75 Å². The molecule has 0 atom stereocenters. The van der Waals surface area contributed by atoms with Gasteiger partial charge in [0, 0.05) is 0 Å². The molecule has 0 fully saturated rings. The summed E-state index contributed by atoms with van der Waals surface area (Å²) in [6.07, 6.45) is 0. The van der Waals surface area contributed by atoms with Gasteiger partial charge in [-0.3, -0.25) is 10.1 Å². The van der Waals surface area contributed by atoms with Crippen molar-refractivity contribution in [2.45, 2.75) is 27.7 Å². The largest absolute Gasteiger partial charge is 0.483 e. The zero-order valence-corrected chi connectivity index (χ0v) is 17.1. The van der Waals surface area contributed by atoms with E-state index in [-0.39, 0.29) is 18.5 Å². The minimum absolute atomic E-state index is 0.102. The second-order valence-electron chi connectivity index (χ2n) is 6.41. The molecule has 6 nitrogen and oxygen atoms in total. The van der Waals surface area contributed by atoms with E-state index in [0.29, 0.717) is 22.8 Å². The second kappa shape index (κ2) is 8.39. The van der Waals surface area contributed by atoms with Crippen molar-refractivity contribution in [1.29, 1.82) is 0 Å². The molecule has 3 aromatic rings. The van der Waals surface area contributed by atoms with E-state index in [9.17, 15) is 9.59 Å². The second-order valence-corrected chi connectivity index (χ2v) is 7.44. The molecule has 1 amide bonds. The summed E-state index contributed by atoms with van der Waals surface area (Å²) in [6.45, 7) is 7.92. The molecule has 1 aromatic heterocycles. The van der Waals surface area contributed by atoms with E-state index in [1.54, 1.807) is 25.1 Å². The monoisotopic (exact) mass is 398 g/mol. The zero-order chi connectivity index (χ0) is 20.3. The van der Waals surface area contributed by atoms with Gasteiger partial charge in [-0.15, -0.1) is 0 Å². The van der Waals surface area contributed by atoms with Gasteiger partial charge in [0.2, 0.25) is 0 Å². The lowest BCUT2D eigenvalue weighted by molar-refractivity contribution is -0.118. The van der Waals surface area contributed by atoms with Gasteiger partial charge in [-0.25, -0.2) is 9.78 Å². The Labute approximate surface area is 167 Å². The minimum atomic E-state index is -0.374. The first-order valence-corrected chi connectivity index (χ1v) is 9.78. The number of benzene rings is 2. The Morgan fingerprint density at radius 2 is 1.86 bits per heavy atom. The maximum Gasteiger partial charge on any atom is 0.338 e. The molecular formula is C21H22N2O4S. The van der Waals surface area contributed by atoms with Gasteiger partial charge in [-0.1, -0.05) is 23.5 Å². The molecule has 0 aliphatic heterocycles. The van der Waals surface area contributed by atoms with E-state index in [4.69, 9.17) is 9.47 Å². The van der Waals surface area contributed by atoms with Crippen LogP contribution in [0.4, 0.5) is 5.13 Å². The van der Waals surface area contributed by atoms with Gasteiger partial charge in [-0.05, 0) is 62.6 Å². The maximum absolute atomic E-state index is 12.3. The number of fused-ring (bicyclic) bond motifs is 1. The summed E-state index contributed by atoms with van der Waals surface area (Å²) in [5.41, 5.74) is 4.30. The fourth-order valence-corrected chi connectivity index (χ4v) is 3.68. The number of nitrogens with zero attached hydrogens (tertiary/aromatic N) is 1. The van der Waals surface area contributed by atoms with Crippen LogP contribution in [0.15, 0.2) is 30.3 Å². The molecule has 1 heterocycles. The fraction of sp³-hybridized carbons (Fsp3) is 0.286. The lowest BCUT2D eigenvalue weighted by atomic mass is 10.1. The van der Waals surface area contributed by atoms with Gasteiger partial charge < -0.3 is 9.47 Å². The molecule has 0 spiro atoms. The van der Waals surface area contributed by atoms with Gasteiger partial charge in [0.1, 0.15) is 5.75 Å². The smallest absolute Gasteiger partial charge is 0.338 e. The standard InChI is InChI=1S/C21H22N2O4S/c1-5-26-20(25)15-8-9-16-17(10-15)28-21(22-16)23-18(24)11-27-19-13(3)7-6-12(2)14(19)4/h6-10H,5,11H2,1-4H3,(H,22,23,24). The highest BCUT2D eigenvalue weighted by atomic mass is 32.1. The van der Waals surface area contributed by atoms with Crippen LogP contribution in [0.2, 0.25) is 0 Å². The molecule has 28 heavy (non-hydrogen) atoms. The van der Waals surface area contributed by atoms with Crippen LogP contribution >= 0.6 is 11.3 Å². The Hall–Kier alpha value is -2.93. The topological polar surface area (TPSA) is 77.5 Å². The highest BCUT2D eigenvalue weighted by Crippen LogP contribution is 2.28. The number of esters is 1. The van der Waals surface area contributed by atoms with Crippen molar-refractivity contribution >= 4 is 38.6 Å². The summed E-state index contributed by atoms with van der Waals surface area (Å²) in [6, 6.07) is 9.13. The molecule has 0 saturated carbocycles. The lowest BCUT2D eigenvalue weighted by Gasteiger charge is -2.13. The van der Waals surface area contributed by atoms with Crippen LogP contribution < -0.4 is 10.1 Å². The molecule has 0 radical (unpaired) electrons. The fourth-order valence-electron chi connectivity index (χ4n) is 2.76. The highest BCUT2D eigenvalue weighted by Gasteiger charge is 2.13. The first-order chi connectivity index (χ1) is 13.4. The predicted molar refractivity (Wildman–Crippen MR) is 110 cm³/mol. The first kappa shape index (κ1) is 19.8. The summed E-state index contributed by atoms with van der Waals surface area (Å²) in [5, 5.41) is 3.22. The van der Waals surface area contributed by atoms with Crippen LogP contribution in [0.25, 0.3) is 10.2 Å². The number of aromatic nitrogens is 1. The van der Waals surface area contributed by atoms with Crippen LogP contribution in [0, 0.1) is 20.8 Å². The van der Waals surface area contributed by atoms with E-state index < -0.39 is 0 Å². The predicted octanol–water partition coefficient (Wildman–Crippen LogP) is 4.42. The quantitative estimate of drug-likeness (QED) is 0.622. The number of anilines is 1. The minimum Gasteiger partial charge on any atom is -0.483 e. The van der Waals surface area contributed by atoms with Gasteiger partial charge >= 0.3 is 5.97 Å². The third kappa shape index (κ3) is 4.31. The number of ether oxygens (including phenoxy) is 2. The normalized spacial score (nSPS) is 10.7. The average molecular weight is 398 g/mol. The molecular weight excluding hydrogens is 376 g/mol. The molecule has 0 aliphatic carbocycles. The molecule has 0 saturated heterocycles. The third-order valence-electron chi connectivity index (χ3n) is 4.37. The molecule has 0 aliphatic rings. The summed E-state index contributed by atoms with van der Waals surface area (Å²) in [5.74, 6) is 0.0733. The number of thiazole rings is 1. The average Bonchev–Trinajstić information content (AvgIpc) is 3.06. The van der Waals surface area contributed by atoms with Crippen LogP contribution in [0.1, 0.15) is 34.0 Å². The van der Waals surface area contributed by atoms with E-state index in [2.05, 4.69) is 10.3 Å². The number of rotatable bonds is 6. The third-order valence-corrected chi connectivity index (χ3v) is 5.30. The van der Waals surface area contributed by atoms with Crippen molar-refractivity contribution < 1.29 is 19.1 Å². The number of hydrogen-bond donors (Lipinski definition) is 1. The maximum atomic E-state index is 12.3. The number of carbonyl (C=O) groups is 2. The van der Waals surface area contributed by atoms with E-state index in [1.807, 2.05) is 32.9 Å². The molecule has 0 bridgehead atoms. The summed E-state index contributed by atoms with van der Waals surface area (Å²) in [4.78, 5) is 28.5. The molecule has 0 unspecified atom stereocenters. The van der Waals surface area contributed by atoms with Crippen LogP contribution in [-0.4, -0.2) is 30.1 Å². The van der Waals surface area contributed by atoms with Gasteiger partial charge in [0.25, 0.3) is 5.91 Å². The molecule has 1 N–H and O–H groups in total. The Balaban J connectivity index is 1.68. The van der Waals surface area contributed by atoms with Crippen molar-refractivity contribution in [1.82, 2.24) is 4.98 Å². The molecule has 2 aromatic carbocycles. The number of carbonyl (C=O) groups excluding carboxylic acids is 2. The van der Waals surface area contributed by atoms with Crippen LogP contribution in [0.3, 0.4) is 0 Å². The Kier molecular flexibility index (Phi) is 5.94. The Morgan fingerprint density at radius 3 is 2.61 bits per heavy atom. The Bertz CT molecular complexity index is 1040. The number of amides is 1.